The van der Waals surface area contributed by atoms with E-state index in [4.69, 9.17) is 0 Å². The SMILES string of the molecule is CCCN1C(=O)C[n+]2ccccc2[C@@H]1C(=O)Nc1ccccc1C. The van der Waals surface area contributed by atoms with Gasteiger partial charge in [-0.25, -0.2) is 0 Å². The van der Waals surface area contributed by atoms with E-state index in [1.807, 2.05) is 67.1 Å². The summed E-state index contributed by atoms with van der Waals surface area (Å²) in [7, 11) is 0. The lowest BCUT2D eigenvalue weighted by Crippen LogP contribution is -2.58. The van der Waals surface area contributed by atoms with Gasteiger partial charge >= 0.3 is 0 Å². The molecule has 1 aromatic carbocycles. The van der Waals surface area contributed by atoms with Crippen LogP contribution in [0.5, 0.6) is 0 Å². The van der Waals surface area contributed by atoms with Crippen LogP contribution >= 0.6 is 0 Å². The molecule has 0 saturated heterocycles. The molecule has 0 aliphatic carbocycles. The Morgan fingerprint density at radius 2 is 2.00 bits per heavy atom. The van der Waals surface area contributed by atoms with Gasteiger partial charge in [-0.3, -0.25) is 9.59 Å². The fourth-order valence-corrected chi connectivity index (χ4v) is 3.11. The molecular formula is C19H22N3O2+. The van der Waals surface area contributed by atoms with Crippen molar-refractivity contribution in [1.82, 2.24) is 4.90 Å². The normalized spacial score (nSPS) is 16.7. The zero-order chi connectivity index (χ0) is 17.1. The highest BCUT2D eigenvalue weighted by atomic mass is 16.2. The molecule has 2 aromatic rings. The summed E-state index contributed by atoms with van der Waals surface area (Å²) in [5, 5.41) is 2.98. The van der Waals surface area contributed by atoms with Crippen LogP contribution in [0.15, 0.2) is 48.7 Å². The summed E-state index contributed by atoms with van der Waals surface area (Å²) in [6.45, 7) is 4.81. The number of hydrogen-bond donors (Lipinski definition) is 1. The molecule has 0 unspecified atom stereocenters. The highest BCUT2D eigenvalue weighted by molar-refractivity contribution is 5.98. The van der Waals surface area contributed by atoms with Gasteiger partial charge in [-0.1, -0.05) is 31.2 Å². The van der Waals surface area contributed by atoms with Crippen molar-refractivity contribution < 1.29 is 14.2 Å². The molecule has 2 heterocycles. The van der Waals surface area contributed by atoms with Crippen LogP contribution in [-0.4, -0.2) is 23.3 Å². The van der Waals surface area contributed by atoms with Crippen LogP contribution < -0.4 is 9.88 Å². The third-order valence-electron chi connectivity index (χ3n) is 4.31. The van der Waals surface area contributed by atoms with Crippen LogP contribution in [0, 0.1) is 6.92 Å². The van der Waals surface area contributed by atoms with Gasteiger partial charge in [0.05, 0.1) is 0 Å². The molecule has 0 spiro atoms. The molecule has 0 saturated carbocycles. The van der Waals surface area contributed by atoms with E-state index in [1.165, 1.54) is 0 Å². The fraction of sp³-hybridized carbons (Fsp3) is 0.316. The van der Waals surface area contributed by atoms with E-state index < -0.39 is 6.04 Å². The molecule has 3 rings (SSSR count). The van der Waals surface area contributed by atoms with Gasteiger partial charge in [-0.2, -0.15) is 4.57 Å². The van der Waals surface area contributed by atoms with Crippen LogP contribution in [0.1, 0.15) is 30.6 Å². The number of nitrogens with zero attached hydrogens (tertiary/aromatic N) is 2. The Morgan fingerprint density at radius 1 is 1.25 bits per heavy atom. The van der Waals surface area contributed by atoms with E-state index in [-0.39, 0.29) is 18.4 Å². The van der Waals surface area contributed by atoms with Crippen LogP contribution in [0.25, 0.3) is 0 Å². The smallest absolute Gasteiger partial charge is 0.289 e. The van der Waals surface area contributed by atoms with Crippen LogP contribution in [-0.2, 0) is 16.1 Å². The lowest BCUT2D eigenvalue weighted by Gasteiger charge is -2.32. The van der Waals surface area contributed by atoms with E-state index in [0.29, 0.717) is 6.54 Å². The molecule has 1 aliphatic rings. The van der Waals surface area contributed by atoms with Crippen molar-refractivity contribution in [3.8, 4) is 0 Å². The van der Waals surface area contributed by atoms with Crippen LogP contribution in [0.2, 0.25) is 0 Å². The zero-order valence-corrected chi connectivity index (χ0v) is 14.0. The fourth-order valence-electron chi connectivity index (χ4n) is 3.11. The van der Waals surface area contributed by atoms with Crippen molar-refractivity contribution >= 4 is 17.5 Å². The Balaban J connectivity index is 1.96. The van der Waals surface area contributed by atoms with Gasteiger partial charge in [0.2, 0.25) is 12.2 Å². The second kappa shape index (κ2) is 6.83. The molecule has 5 nitrogen and oxygen atoms in total. The summed E-state index contributed by atoms with van der Waals surface area (Å²) >= 11 is 0. The first-order valence-corrected chi connectivity index (χ1v) is 8.26. The van der Waals surface area contributed by atoms with Crippen molar-refractivity contribution in [2.24, 2.45) is 0 Å². The van der Waals surface area contributed by atoms with Gasteiger partial charge < -0.3 is 10.2 Å². The Morgan fingerprint density at radius 3 is 2.75 bits per heavy atom. The van der Waals surface area contributed by atoms with Crippen molar-refractivity contribution in [1.29, 1.82) is 0 Å². The van der Waals surface area contributed by atoms with Crippen LogP contribution in [0.4, 0.5) is 5.69 Å². The highest BCUT2D eigenvalue weighted by Gasteiger charge is 2.42. The quantitative estimate of drug-likeness (QED) is 0.877. The number of para-hydroxylation sites is 1. The first-order chi connectivity index (χ1) is 11.6. The number of hydrogen-bond acceptors (Lipinski definition) is 2. The van der Waals surface area contributed by atoms with E-state index in [1.54, 1.807) is 4.90 Å². The summed E-state index contributed by atoms with van der Waals surface area (Å²) < 4.78 is 1.86. The Bertz CT molecular complexity index is 773. The van der Waals surface area contributed by atoms with E-state index in [2.05, 4.69) is 5.32 Å². The lowest BCUT2D eigenvalue weighted by atomic mass is 10.1. The van der Waals surface area contributed by atoms with Crippen molar-refractivity contribution in [3.05, 3.63) is 59.9 Å². The lowest BCUT2D eigenvalue weighted by molar-refractivity contribution is -0.698. The predicted octanol–water partition coefficient (Wildman–Crippen LogP) is 2.21. The predicted molar refractivity (Wildman–Crippen MR) is 91.2 cm³/mol. The zero-order valence-electron chi connectivity index (χ0n) is 14.0. The number of aryl methyl sites for hydroxylation is 1. The molecule has 24 heavy (non-hydrogen) atoms. The third kappa shape index (κ3) is 3.02. The topological polar surface area (TPSA) is 53.3 Å². The van der Waals surface area contributed by atoms with Crippen molar-refractivity contribution in [2.75, 3.05) is 11.9 Å². The molecule has 0 fully saturated rings. The Labute approximate surface area is 141 Å². The van der Waals surface area contributed by atoms with Crippen molar-refractivity contribution in [3.63, 3.8) is 0 Å². The third-order valence-corrected chi connectivity index (χ3v) is 4.31. The number of pyridine rings is 1. The first-order valence-electron chi connectivity index (χ1n) is 8.26. The standard InChI is InChI=1S/C19H21N3O2/c1-3-11-22-17(23)13-21-12-7-6-10-16(21)18(22)19(24)20-15-9-5-4-8-14(15)2/h4-10,12,18H,3,11,13H2,1-2H3/p+1/t18-/m1/s1. The number of aromatic nitrogens is 1. The Hall–Kier alpha value is -2.69. The molecular weight excluding hydrogens is 302 g/mol. The molecule has 2 amide bonds. The minimum atomic E-state index is -0.605. The highest BCUT2D eigenvalue weighted by Crippen LogP contribution is 2.25. The average molecular weight is 324 g/mol. The monoisotopic (exact) mass is 324 g/mol. The molecule has 0 radical (unpaired) electrons. The molecule has 5 heteroatoms. The van der Waals surface area contributed by atoms with Gasteiger partial charge in [0.15, 0.2) is 12.2 Å². The Kier molecular flexibility index (Phi) is 4.60. The van der Waals surface area contributed by atoms with E-state index in [0.717, 1.165) is 23.4 Å². The number of fused-ring (bicyclic) bond motifs is 1. The number of anilines is 1. The van der Waals surface area contributed by atoms with Gasteiger partial charge in [-0.15, -0.1) is 0 Å². The molecule has 1 atom stereocenters. The number of amides is 2. The number of carbonyl (C=O) groups is 2. The minimum absolute atomic E-state index is 0.0227. The summed E-state index contributed by atoms with van der Waals surface area (Å²) in [6.07, 6.45) is 2.66. The molecule has 1 aromatic heterocycles. The summed E-state index contributed by atoms with van der Waals surface area (Å²) in [4.78, 5) is 27.2. The molecule has 1 N–H and O–H groups in total. The number of carbonyl (C=O) groups excluding carboxylic acids is 2. The minimum Gasteiger partial charge on any atom is -0.324 e. The van der Waals surface area contributed by atoms with E-state index in [9.17, 15) is 9.59 Å². The van der Waals surface area contributed by atoms with Gasteiger partial charge in [0.1, 0.15) is 0 Å². The molecule has 1 aliphatic heterocycles. The van der Waals surface area contributed by atoms with E-state index >= 15 is 0 Å². The molecule has 0 bridgehead atoms. The second-order valence-electron chi connectivity index (χ2n) is 6.05. The summed E-state index contributed by atoms with van der Waals surface area (Å²) in [5.41, 5.74) is 2.62. The number of benzene rings is 1. The summed E-state index contributed by atoms with van der Waals surface area (Å²) in [6, 6.07) is 12.7. The number of nitrogens with one attached hydrogen (secondary N) is 1. The maximum atomic E-state index is 13.0. The second-order valence-corrected chi connectivity index (χ2v) is 6.05. The van der Waals surface area contributed by atoms with Gasteiger partial charge in [-0.05, 0) is 25.0 Å². The maximum absolute atomic E-state index is 13.0. The van der Waals surface area contributed by atoms with Crippen LogP contribution in [0.3, 0.4) is 0 Å². The molecule has 124 valence electrons. The average Bonchev–Trinajstić information content (AvgIpc) is 2.57. The van der Waals surface area contributed by atoms with Gasteiger partial charge in [0.25, 0.3) is 11.8 Å². The maximum Gasteiger partial charge on any atom is 0.289 e. The van der Waals surface area contributed by atoms with Gasteiger partial charge in [0, 0.05) is 24.4 Å². The van der Waals surface area contributed by atoms with Crippen molar-refractivity contribution in [2.45, 2.75) is 32.9 Å². The first kappa shape index (κ1) is 16.2. The largest absolute Gasteiger partial charge is 0.324 e. The summed E-state index contributed by atoms with van der Waals surface area (Å²) in [5.74, 6) is -0.198. The number of rotatable bonds is 4.